The number of carbonyl (C=O) groups is 2. The second-order valence-electron chi connectivity index (χ2n) is 13.6. The molecular formula is C38H53BN10O5S. The number of benzene rings is 1. The van der Waals surface area contributed by atoms with Crippen LogP contribution in [-0.4, -0.2) is 84.8 Å². The van der Waals surface area contributed by atoms with Crippen molar-refractivity contribution in [2.24, 2.45) is 17.4 Å². The van der Waals surface area contributed by atoms with Crippen molar-refractivity contribution >= 4 is 40.9 Å². The summed E-state index contributed by atoms with van der Waals surface area (Å²) in [6.07, 6.45) is 6.71. The zero-order valence-corrected chi connectivity index (χ0v) is 33.3. The average molecular weight is 773 g/mol. The van der Waals surface area contributed by atoms with Crippen LogP contribution in [0.25, 0.3) is 11.1 Å². The second kappa shape index (κ2) is 16.9. The standard InChI is InChI=1S/C34H41BN10O5S.2C2H6/c1-3-51(49,50)29-9-5-8-27(41-29)34(35,48)44-16-21(17-44)45-26-18-43(2)31-22(23(26)15-38-45)6-4-7-24(31)40-25(30(37)33(47)39-20-12-13-20)14-28(36)42-32(46)19-10-11-19;2*1-2/h4-9,14-15,19-21,40,48H,3,10-13,16-18,36-37H2,1-2H3,(H,39,47)(H,42,46);2*1-2H3/b28-14+,30-25+;;. The number of pyridine rings is 1. The van der Waals surface area contributed by atoms with Gasteiger partial charge in [0, 0.05) is 49.3 Å². The monoisotopic (exact) mass is 772 g/mol. The SMILES string of the molecule is CC.CC.[B]C(O)(c1cccc(S(=O)(=O)CC)n1)N1CC(n2ncc3c2CN(C)c2c(NC(/C=C(\N)NC(=O)C4CC4)=C(/N)C(=O)NC4CC4)cccc2-3)C1. The number of nitrogens with one attached hydrogen (secondary N) is 3. The fraction of sp³-hybridized carbons (Fsp3) is 0.474. The normalized spacial score (nSPS) is 18.4. The summed E-state index contributed by atoms with van der Waals surface area (Å²) in [5.74, 6) is -0.681. The number of aliphatic hydroxyl groups is 1. The maximum atomic E-state index is 13.0. The van der Waals surface area contributed by atoms with Gasteiger partial charge in [-0.15, -0.1) is 0 Å². The highest BCUT2D eigenvalue weighted by Gasteiger charge is 2.43. The summed E-state index contributed by atoms with van der Waals surface area (Å²) in [5.41, 5.74) is 15.2. The van der Waals surface area contributed by atoms with Gasteiger partial charge in [0.25, 0.3) is 5.91 Å². The van der Waals surface area contributed by atoms with Gasteiger partial charge >= 0.3 is 0 Å². The zero-order chi connectivity index (χ0) is 40.2. The van der Waals surface area contributed by atoms with Crippen molar-refractivity contribution in [3.8, 4) is 11.1 Å². The number of nitrogens with zero attached hydrogens (tertiary/aromatic N) is 5. The highest BCUT2D eigenvalue weighted by atomic mass is 32.2. The van der Waals surface area contributed by atoms with Crippen molar-refractivity contribution in [3.05, 3.63) is 77.3 Å². The molecule has 2 aliphatic carbocycles. The number of anilines is 2. The number of hydrogen-bond acceptors (Lipinski definition) is 12. The molecule has 2 saturated carbocycles. The summed E-state index contributed by atoms with van der Waals surface area (Å²) in [6.45, 7) is 10.7. The Morgan fingerprint density at radius 3 is 2.35 bits per heavy atom. The van der Waals surface area contributed by atoms with Gasteiger partial charge in [-0.3, -0.25) is 19.2 Å². The number of nitrogens with two attached hydrogens (primary N) is 2. The summed E-state index contributed by atoms with van der Waals surface area (Å²) in [6, 6.07) is 10.2. The van der Waals surface area contributed by atoms with Gasteiger partial charge < -0.3 is 37.4 Å². The highest BCUT2D eigenvalue weighted by Crippen LogP contribution is 2.45. The largest absolute Gasteiger partial charge is 0.393 e. The van der Waals surface area contributed by atoms with Crippen molar-refractivity contribution in [3.63, 3.8) is 0 Å². The molecule has 17 heteroatoms. The van der Waals surface area contributed by atoms with E-state index in [-0.39, 0.29) is 57.6 Å². The van der Waals surface area contributed by atoms with Crippen molar-refractivity contribution in [2.75, 3.05) is 36.1 Å². The third-order valence-electron chi connectivity index (χ3n) is 9.72. The first-order valence-corrected chi connectivity index (χ1v) is 20.6. The van der Waals surface area contributed by atoms with Gasteiger partial charge in [0.1, 0.15) is 25.0 Å². The molecule has 4 aliphatic rings. The molecule has 3 aromatic rings. The molecule has 3 fully saturated rings. The van der Waals surface area contributed by atoms with Crippen LogP contribution in [0.4, 0.5) is 11.4 Å². The predicted octanol–water partition coefficient (Wildman–Crippen LogP) is 2.76. The number of rotatable bonds is 12. The lowest BCUT2D eigenvalue weighted by atomic mass is 9.82. The maximum Gasteiger partial charge on any atom is 0.269 e. The first kappa shape index (κ1) is 41.3. The van der Waals surface area contributed by atoms with Gasteiger partial charge in [-0.05, 0) is 43.9 Å². The van der Waals surface area contributed by atoms with Gasteiger partial charge in [0.05, 0.1) is 53.0 Å². The van der Waals surface area contributed by atoms with E-state index in [9.17, 15) is 23.1 Å². The van der Waals surface area contributed by atoms with E-state index in [1.165, 1.54) is 31.2 Å². The van der Waals surface area contributed by atoms with Gasteiger partial charge in [0.2, 0.25) is 5.91 Å². The average Bonchev–Trinajstić information content (AvgIpc) is 4.11. The number of aromatic nitrogens is 3. The Hall–Kier alpha value is -4.87. The smallest absolute Gasteiger partial charge is 0.269 e. The minimum absolute atomic E-state index is 0.0487. The minimum Gasteiger partial charge on any atom is -0.393 e. The number of para-hydroxylation sites is 1. The molecule has 2 amide bonds. The van der Waals surface area contributed by atoms with Crippen molar-refractivity contribution in [2.45, 2.75) is 89.6 Å². The number of allylic oxidation sites excluding steroid dienone is 1. The summed E-state index contributed by atoms with van der Waals surface area (Å²) in [4.78, 5) is 33.3. The van der Waals surface area contributed by atoms with E-state index in [2.05, 4.69) is 25.8 Å². The Labute approximate surface area is 324 Å². The van der Waals surface area contributed by atoms with Crippen molar-refractivity contribution < 1.29 is 23.1 Å². The molecule has 4 heterocycles. The van der Waals surface area contributed by atoms with E-state index in [0.717, 1.165) is 48.2 Å². The summed E-state index contributed by atoms with van der Waals surface area (Å²) in [7, 11) is 4.71. The summed E-state index contributed by atoms with van der Waals surface area (Å²) in [5, 5.41) is 24.8. The first-order valence-electron chi connectivity index (χ1n) is 19.0. The van der Waals surface area contributed by atoms with E-state index in [0.29, 0.717) is 25.3 Å². The lowest BCUT2D eigenvalue weighted by Gasteiger charge is -2.48. The summed E-state index contributed by atoms with van der Waals surface area (Å²) >= 11 is 0. The lowest BCUT2D eigenvalue weighted by Crippen LogP contribution is -2.59. The fourth-order valence-corrected chi connectivity index (χ4v) is 7.19. The zero-order valence-electron chi connectivity index (χ0n) is 32.5. The fourth-order valence-electron chi connectivity index (χ4n) is 6.37. The van der Waals surface area contributed by atoms with Crippen LogP contribution in [0.1, 0.15) is 77.7 Å². The minimum atomic E-state index is -3.58. The van der Waals surface area contributed by atoms with Crippen LogP contribution in [0.5, 0.6) is 0 Å². The van der Waals surface area contributed by atoms with Crippen LogP contribution in [0.15, 0.2) is 70.9 Å². The highest BCUT2D eigenvalue weighted by molar-refractivity contribution is 7.91. The van der Waals surface area contributed by atoms with E-state index in [1.54, 1.807) is 4.90 Å². The molecule has 1 unspecified atom stereocenters. The Morgan fingerprint density at radius 1 is 1.04 bits per heavy atom. The van der Waals surface area contributed by atoms with Crippen LogP contribution in [0.2, 0.25) is 0 Å². The van der Waals surface area contributed by atoms with Gasteiger partial charge in [0.15, 0.2) is 14.9 Å². The van der Waals surface area contributed by atoms with Gasteiger partial charge in [-0.1, -0.05) is 52.8 Å². The molecule has 2 aromatic heterocycles. The van der Waals surface area contributed by atoms with Crippen LogP contribution in [0, 0.1) is 5.92 Å². The van der Waals surface area contributed by atoms with Gasteiger partial charge in [-0.25, -0.2) is 13.4 Å². The van der Waals surface area contributed by atoms with E-state index in [1.807, 2.05) is 63.8 Å². The van der Waals surface area contributed by atoms with Crippen LogP contribution < -0.4 is 32.3 Å². The molecule has 8 N–H and O–H groups in total. The number of fused-ring (bicyclic) bond motifs is 3. The second-order valence-corrected chi connectivity index (χ2v) is 15.8. The molecule has 294 valence electrons. The molecule has 0 spiro atoms. The Kier molecular flexibility index (Phi) is 12.7. The quantitative estimate of drug-likeness (QED) is 0.0891. The number of likely N-dealkylation sites (tertiary alicyclic amines) is 1. The topological polar surface area (TPSA) is 214 Å². The number of amides is 2. The molecule has 2 radical (unpaired) electrons. The lowest BCUT2D eigenvalue weighted by molar-refractivity contribution is -0.121. The van der Waals surface area contributed by atoms with Gasteiger partial charge in [-0.2, -0.15) is 5.10 Å². The summed E-state index contributed by atoms with van der Waals surface area (Å²) < 4.78 is 26.7. The van der Waals surface area contributed by atoms with Crippen LogP contribution in [-0.2, 0) is 31.6 Å². The molecule has 7 rings (SSSR count). The molecule has 55 heavy (non-hydrogen) atoms. The number of sulfone groups is 1. The third kappa shape index (κ3) is 8.84. The predicted molar refractivity (Wildman–Crippen MR) is 214 cm³/mol. The molecular weight excluding hydrogens is 719 g/mol. The van der Waals surface area contributed by atoms with E-state index < -0.39 is 21.4 Å². The molecule has 2 aliphatic heterocycles. The van der Waals surface area contributed by atoms with E-state index in [4.69, 9.17) is 24.4 Å². The Balaban J connectivity index is 0.00000140. The first-order chi connectivity index (χ1) is 26.3. The van der Waals surface area contributed by atoms with Crippen LogP contribution in [0.3, 0.4) is 0 Å². The molecule has 1 aromatic carbocycles. The van der Waals surface area contributed by atoms with Crippen molar-refractivity contribution in [1.29, 1.82) is 0 Å². The number of hydrogen-bond donors (Lipinski definition) is 6. The Bertz CT molecular complexity index is 2070. The molecule has 15 nitrogen and oxygen atoms in total. The third-order valence-corrected chi connectivity index (χ3v) is 11.3. The molecule has 0 bridgehead atoms. The Morgan fingerprint density at radius 2 is 1.71 bits per heavy atom. The van der Waals surface area contributed by atoms with Crippen molar-refractivity contribution in [1.82, 2.24) is 30.3 Å². The van der Waals surface area contributed by atoms with Crippen LogP contribution >= 0.6 is 0 Å². The molecule has 1 atom stereocenters. The van der Waals surface area contributed by atoms with E-state index >= 15 is 0 Å². The maximum absolute atomic E-state index is 13.0. The number of carbonyl (C=O) groups excluding carboxylic acids is 2. The molecule has 1 saturated heterocycles.